The van der Waals surface area contributed by atoms with Crippen LogP contribution in [0.2, 0.25) is 0 Å². The van der Waals surface area contributed by atoms with Crippen LogP contribution < -0.4 is 0 Å². The van der Waals surface area contributed by atoms with Crippen LogP contribution in [0.3, 0.4) is 0 Å². The number of rotatable bonds is 2. The lowest BCUT2D eigenvalue weighted by molar-refractivity contribution is -0.137. The topological polar surface area (TPSA) is 37.3 Å². The Bertz CT molecular complexity index is 91.4. The summed E-state index contributed by atoms with van der Waals surface area (Å²) in [5.74, 6) is -0.711. The Kier molecular flexibility index (Phi) is 13.2. The van der Waals surface area contributed by atoms with E-state index >= 15 is 0 Å². The number of carbonyl (C=O) groups is 1. The van der Waals surface area contributed by atoms with Crippen molar-refractivity contribution in [3.8, 4) is 0 Å². The first-order chi connectivity index (χ1) is 4.68. The number of carboxylic acids is 1. The molecule has 2 nitrogen and oxygen atoms in total. The van der Waals surface area contributed by atoms with Gasteiger partial charge in [0.1, 0.15) is 0 Å². The molecule has 0 rings (SSSR count). The maximum Gasteiger partial charge on any atom is 0.303 e. The summed E-state index contributed by atoms with van der Waals surface area (Å²) in [4.78, 5) is 9.60. The fourth-order valence-electron chi connectivity index (χ4n) is 0.214. The van der Waals surface area contributed by atoms with Crippen LogP contribution in [0.25, 0.3) is 0 Å². The molecule has 2 heteroatoms. The third-order valence-electron chi connectivity index (χ3n) is 0.797. The van der Waals surface area contributed by atoms with E-state index in [1.807, 2.05) is 32.9 Å². The minimum atomic E-state index is -0.711. The molecule has 0 unspecified atom stereocenters. The average Bonchev–Trinajstić information content (AvgIpc) is 1.89. The molecule has 0 bridgehead atoms. The van der Waals surface area contributed by atoms with Gasteiger partial charge >= 0.3 is 5.97 Å². The van der Waals surface area contributed by atoms with Crippen LogP contribution >= 0.6 is 0 Å². The van der Waals surface area contributed by atoms with Crippen LogP contribution in [-0.2, 0) is 4.79 Å². The van der Waals surface area contributed by atoms with E-state index in [9.17, 15) is 4.79 Å². The third kappa shape index (κ3) is 27.0. The monoisotopic (exact) mass is 144 g/mol. The highest BCUT2D eigenvalue weighted by Gasteiger charge is 1.87. The van der Waals surface area contributed by atoms with Crippen molar-refractivity contribution in [1.82, 2.24) is 0 Å². The fraction of sp³-hybridized carbons (Fsp3) is 0.625. The van der Waals surface area contributed by atoms with Crippen molar-refractivity contribution in [2.45, 2.75) is 33.6 Å². The Morgan fingerprint density at radius 3 is 1.80 bits per heavy atom. The van der Waals surface area contributed by atoms with Crippen LogP contribution in [0.4, 0.5) is 0 Å². The highest BCUT2D eigenvalue weighted by atomic mass is 16.4. The van der Waals surface area contributed by atoms with E-state index < -0.39 is 5.97 Å². The summed E-state index contributed by atoms with van der Waals surface area (Å²) >= 11 is 0. The molecule has 0 saturated heterocycles. The van der Waals surface area contributed by atoms with Gasteiger partial charge in [-0.2, -0.15) is 0 Å². The van der Waals surface area contributed by atoms with Gasteiger partial charge in [0.05, 0.1) is 0 Å². The molecule has 1 N–H and O–H groups in total. The Morgan fingerprint density at radius 1 is 1.40 bits per heavy atom. The number of hydrogen-bond donors (Lipinski definition) is 1. The zero-order chi connectivity index (χ0) is 8.41. The third-order valence-corrected chi connectivity index (χ3v) is 0.797. The molecule has 0 radical (unpaired) electrons. The van der Waals surface area contributed by atoms with E-state index in [-0.39, 0.29) is 0 Å². The maximum absolute atomic E-state index is 9.60. The normalized spacial score (nSPS) is 8.70. The molecule has 0 saturated carbocycles. The van der Waals surface area contributed by atoms with Gasteiger partial charge in [-0.05, 0) is 20.3 Å². The summed E-state index contributed by atoms with van der Waals surface area (Å²) in [6.07, 6.45) is 5.02. The predicted octanol–water partition coefficient (Wildman–Crippen LogP) is 2.45. The molecule has 60 valence electrons. The number of allylic oxidation sites excluding steroid dienone is 2. The van der Waals surface area contributed by atoms with E-state index in [2.05, 4.69) is 0 Å². The summed E-state index contributed by atoms with van der Waals surface area (Å²) < 4.78 is 0. The molecule has 0 spiro atoms. The highest BCUT2D eigenvalue weighted by molar-refractivity contribution is 5.66. The number of carboxylic acid groups (broad SMARTS) is 1. The first-order valence-electron chi connectivity index (χ1n) is 3.48. The standard InChI is InChI=1S/C4H8O2.C4H8/c1-2-3-4(5)6;1-3-4-2/h2-3H2,1H3,(H,5,6);3-4H,1-2H3. The Hall–Kier alpha value is -0.790. The van der Waals surface area contributed by atoms with Crippen LogP contribution in [-0.4, -0.2) is 11.1 Å². The van der Waals surface area contributed by atoms with Gasteiger partial charge < -0.3 is 5.11 Å². The van der Waals surface area contributed by atoms with Gasteiger partial charge in [-0.15, -0.1) is 0 Å². The molecule has 0 aliphatic rings. The summed E-state index contributed by atoms with van der Waals surface area (Å²) in [6, 6.07) is 0. The lowest BCUT2D eigenvalue weighted by Crippen LogP contribution is -1.90. The predicted molar refractivity (Wildman–Crippen MR) is 43.0 cm³/mol. The number of hydrogen-bond acceptors (Lipinski definition) is 1. The van der Waals surface area contributed by atoms with Gasteiger partial charge in [0.25, 0.3) is 0 Å². The molecule has 0 aliphatic heterocycles. The lowest BCUT2D eigenvalue weighted by atomic mass is 10.4. The Morgan fingerprint density at radius 2 is 1.80 bits per heavy atom. The highest BCUT2D eigenvalue weighted by Crippen LogP contribution is 1.82. The number of aliphatic carboxylic acids is 1. The fourth-order valence-corrected chi connectivity index (χ4v) is 0.214. The molecular weight excluding hydrogens is 128 g/mol. The molecular formula is C8H16O2. The minimum absolute atomic E-state index is 0.292. The van der Waals surface area contributed by atoms with Gasteiger partial charge in [-0.25, -0.2) is 0 Å². The van der Waals surface area contributed by atoms with Crippen molar-refractivity contribution in [2.24, 2.45) is 0 Å². The summed E-state index contributed by atoms with van der Waals surface area (Å²) in [5, 5.41) is 7.91. The minimum Gasteiger partial charge on any atom is -0.481 e. The van der Waals surface area contributed by atoms with E-state index in [0.717, 1.165) is 6.42 Å². The molecule has 0 amide bonds. The molecule has 0 atom stereocenters. The van der Waals surface area contributed by atoms with Gasteiger partial charge in [-0.1, -0.05) is 19.1 Å². The largest absolute Gasteiger partial charge is 0.481 e. The maximum atomic E-state index is 9.60. The summed E-state index contributed by atoms with van der Waals surface area (Å²) in [6.45, 7) is 5.84. The second kappa shape index (κ2) is 11.1. The molecule has 0 aromatic rings. The van der Waals surface area contributed by atoms with Crippen LogP contribution in [0.5, 0.6) is 0 Å². The zero-order valence-electron chi connectivity index (χ0n) is 6.92. The summed E-state index contributed by atoms with van der Waals surface area (Å²) in [7, 11) is 0. The van der Waals surface area contributed by atoms with E-state index in [1.165, 1.54) is 0 Å². The Labute approximate surface area is 62.6 Å². The van der Waals surface area contributed by atoms with Crippen LogP contribution in [0.1, 0.15) is 33.6 Å². The van der Waals surface area contributed by atoms with Gasteiger partial charge in [0.15, 0.2) is 0 Å². The Balaban J connectivity index is 0. The van der Waals surface area contributed by atoms with Gasteiger partial charge in [0.2, 0.25) is 0 Å². The lowest BCUT2D eigenvalue weighted by Gasteiger charge is -1.79. The van der Waals surface area contributed by atoms with Crippen molar-refractivity contribution in [1.29, 1.82) is 0 Å². The molecule has 0 aromatic heterocycles. The average molecular weight is 144 g/mol. The van der Waals surface area contributed by atoms with Crippen molar-refractivity contribution in [3.63, 3.8) is 0 Å². The first-order valence-corrected chi connectivity index (χ1v) is 3.48. The first kappa shape index (κ1) is 11.9. The SMILES string of the molecule is CC=CC.CCCC(=O)O. The molecule has 0 fully saturated rings. The van der Waals surface area contributed by atoms with Crippen molar-refractivity contribution >= 4 is 5.97 Å². The zero-order valence-corrected chi connectivity index (χ0v) is 6.92. The van der Waals surface area contributed by atoms with E-state index in [4.69, 9.17) is 5.11 Å². The van der Waals surface area contributed by atoms with Crippen LogP contribution in [0.15, 0.2) is 12.2 Å². The van der Waals surface area contributed by atoms with Crippen molar-refractivity contribution < 1.29 is 9.90 Å². The second-order valence-corrected chi connectivity index (χ2v) is 1.81. The smallest absolute Gasteiger partial charge is 0.303 e. The van der Waals surface area contributed by atoms with Gasteiger partial charge in [0, 0.05) is 6.42 Å². The quantitative estimate of drug-likeness (QED) is 0.604. The van der Waals surface area contributed by atoms with Crippen molar-refractivity contribution in [3.05, 3.63) is 12.2 Å². The molecule has 10 heavy (non-hydrogen) atoms. The molecule has 0 heterocycles. The van der Waals surface area contributed by atoms with Gasteiger partial charge in [-0.3, -0.25) is 4.79 Å². The second-order valence-electron chi connectivity index (χ2n) is 1.81. The van der Waals surface area contributed by atoms with Crippen LogP contribution in [0, 0.1) is 0 Å². The summed E-state index contributed by atoms with van der Waals surface area (Å²) in [5.41, 5.74) is 0. The molecule has 0 aromatic carbocycles. The van der Waals surface area contributed by atoms with E-state index in [1.54, 1.807) is 0 Å². The van der Waals surface area contributed by atoms with Crippen molar-refractivity contribution in [2.75, 3.05) is 0 Å². The molecule has 0 aliphatic carbocycles. The van der Waals surface area contributed by atoms with E-state index in [0.29, 0.717) is 6.42 Å².